The molecule has 1 unspecified atom stereocenters. The van der Waals surface area contributed by atoms with Gasteiger partial charge >= 0.3 is 0 Å². The summed E-state index contributed by atoms with van der Waals surface area (Å²) in [7, 11) is 0. The maximum atomic E-state index is 11.8. The van der Waals surface area contributed by atoms with Crippen molar-refractivity contribution in [2.45, 2.75) is 32.1 Å². The summed E-state index contributed by atoms with van der Waals surface area (Å²) < 4.78 is 0. The summed E-state index contributed by atoms with van der Waals surface area (Å²) >= 11 is 0. The molecule has 2 rings (SSSR count). The molecule has 0 bridgehead atoms. The highest BCUT2D eigenvalue weighted by molar-refractivity contribution is 5.82. The van der Waals surface area contributed by atoms with Crippen molar-refractivity contribution in [1.29, 1.82) is 0 Å². The van der Waals surface area contributed by atoms with Crippen LogP contribution in [0.5, 0.6) is 0 Å². The fraction of sp³-hybridized carbons (Fsp3) is 0.462. The van der Waals surface area contributed by atoms with Crippen LogP contribution in [0.4, 0.5) is 11.4 Å². The molecule has 1 fully saturated rings. The fourth-order valence-electron chi connectivity index (χ4n) is 2.54. The van der Waals surface area contributed by atoms with E-state index in [-0.39, 0.29) is 29.5 Å². The van der Waals surface area contributed by atoms with Crippen molar-refractivity contribution in [2.75, 3.05) is 0 Å². The van der Waals surface area contributed by atoms with Crippen molar-refractivity contribution in [1.82, 2.24) is 0 Å². The summed E-state index contributed by atoms with van der Waals surface area (Å²) in [5, 5.41) is 21.7. The minimum Gasteiger partial charge on any atom is -0.299 e. The quantitative estimate of drug-likeness (QED) is 0.622. The number of nitrogens with zero attached hydrogens (tertiary/aromatic N) is 2. The van der Waals surface area contributed by atoms with E-state index in [4.69, 9.17) is 0 Å². The largest absolute Gasteiger partial charge is 0.299 e. The Kier molecular flexibility index (Phi) is 4.07. The molecule has 0 radical (unpaired) electrons. The molecule has 1 aliphatic carbocycles. The van der Waals surface area contributed by atoms with Crippen molar-refractivity contribution in [3.8, 4) is 0 Å². The number of carbonyl (C=O) groups excluding carboxylic acids is 1. The molecular weight excluding hydrogens is 264 g/mol. The van der Waals surface area contributed by atoms with Crippen molar-refractivity contribution < 1.29 is 14.6 Å². The van der Waals surface area contributed by atoms with Gasteiger partial charge in [-0.25, -0.2) is 0 Å². The summed E-state index contributed by atoms with van der Waals surface area (Å²) in [4.78, 5) is 32.2. The summed E-state index contributed by atoms with van der Waals surface area (Å²) in [6, 6.07) is 3.59. The molecule has 0 spiro atoms. The number of hydrogen-bond acceptors (Lipinski definition) is 5. The second-order valence-electron chi connectivity index (χ2n) is 4.94. The van der Waals surface area contributed by atoms with Crippen LogP contribution >= 0.6 is 0 Å². The molecule has 0 aromatic heterocycles. The monoisotopic (exact) mass is 278 g/mol. The molecule has 7 heteroatoms. The number of hydrogen-bond donors (Lipinski definition) is 0. The van der Waals surface area contributed by atoms with Crippen molar-refractivity contribution in [3.63, 3.8) is 0 Å². The summed E-state index contributed by atoms with van der Waals surface area (Å²) in [6.45, 7) is 0. The number of rotatable bonds is 4. The smallest absolute Gasteiger partial charge is 0.279 e. The third kappa shape index (κ3) is 2.98. The van der Waals surface area contributed by atoms with Crippen LogP contribution in [0.1, 0.15) is 31.2 Å². The first-order valence-corrected chi connectivity index (χ1v) is 6.43. The Morgan fingerprint density at radius 3 is 2.50 bits per heavy atom. The maximum Gasteiger partial charge on any atom is 0.279 e. The summed E-state index contributed by atoms with van der Waals surface area (Å²) in [5.41, 5.74) is -0.200. The second-order valence-corrected chi connectivity index (χ2v) is 4.94. The first-order valence-electron chi connectivity index (χ1n) is 6.43. The average Bonchev–Trinajstić information content (AvgIpc) is 2.41. The van der Waals surface area contributed by atoms with E-state index in [0.29, 0.717) is 12.0 Å². The van der Waals surface area contributed by atoms with E-state index >= 15 is 0 Å². The molecule has 0 amide bonds. The third-order valence-electron chi connectivity index (χ3n) is 3.62. The Bertz CT molecular complexity index is 570. The van der Waals surface area contributed by atoms with Crippen molar-refractivity contribution >= 4 is 17.2 Å². The third-order valence-corrected chi connectivity index (χ3v) is 3.62. The van der Waals surface area contributed by atoms with Crippen LogP contribution in [-0.2, 0) is 11.2 Å². The molecule has 0 aliphatic heterocycles. The molecule has 1 atom stereocenters. The molecule has 1 saturated carbocycles. The number of carbonyl (C=O) groups is 1. The van der Waals surface area contributed by atoms with Gasteiger partial charge in [-0.2, -0.15) is 0 Å². The Morgan fingerprint density at radius 1 is 1.15 bits per heavy atom. The van der Waals surface area contributed by atoms with E-state index in [1.165, 1.54) is 12.1 Å². The lowest BCUT2D eigenvalue weighted by atomic mass is 9.83. The van der Waals surface area contributed by atoms with E-state index in [9.17, 15) is 25.0 Å². The lowest BCUT2D eigenvalue weighted by Gasteiger charge is -2.20. The number of benzene rings is 1. The minimum atomic E-state index is -0.664. The topological polar surface area (TPSA) is 103 Å². The predicted octanol–water partition coefficient (Wildman–Crippen LogP) is 2.80. The van der Waals surface area contributed by atoms with Crippen LogP contribution in [0.2, 0.25) is 0 Å². The highest BCUT2D eigenvalue weighted by Gasteiger charge is 2.27. The van der Waals surface area contributed by atoms with Crippen molar-refractivity contribution in [3.05, 3.63) is 44.0 Å². The average molecular weight is 278 g/mol. The van der Waals surface area contributed by atoms with Gasteiger partial charge in [-0.1, -0.05) is 6.42 Å². The first-order chi connectivity index (χ1) is 9.49. The van der Waals surface area contributed by atoms with Gasteiger partial charge in [0.2, 0.25) is 0 Å². The fourth-order valence-corrected chi connectivity index (χ4v) is 2.54. The molecule has 1 aliphatic rings. The molecule has 0 heterocycles. The van der Waals surface area contributed by atoms with E-state index in [0.717, 1.165) is 25.3 Å². The van der Waals surface area contributed by atoms with Crippen LogP contribution < -0.4 is 0 Å². The number of ketones is 1. The Morgan fingerprint density at radius 2 is 1.90 bits per heavy atom. The lowest BCUT2D eigenvalue weighted by Crippen LogP contribution is -2.21. The Hall–Kier alpha value is -2.31. The standard InChI is InChI=1S/C13H14N2O5/c16-13-4-2-1-3-10(13)7-9-5-6-11(14(17)18)8-12(9)15(19)20/h5-6,8,10H,1-4,7H2. The highest BCUT2D eigenvalue weighted by atomic mass is 16.6. The van der Waals surface area contributed by atoms with Gasteiger partial charge in [0.05, 0.1) is 15.9 Å². The molecule has 0 N–H and O–H groups in total. The highest BCUT2D eigenvalue weighted by Crippen LogP contribution is 2.30. The summed E-state index contributed by atoms with van der Waals surface area (Å²) in [5.74, 6) is -0.0761. The number of Topliss-reactive ketones (excluding diaryl/α,β-unsaturated/α-hetero) is 1. The van der Waals surface area contributed by atoms with Crippen LogP contribution in [-0.4, -0.2) is 15.6 Å². The van der Waals surface area contributed by atoms with Crippen LogP contribution in [0, 0.1) is 26.1 Å². The van der Waals surface area contributed by atoms with Crippen molar-refractivity contribution in [2.24, 2.45) is 5.92 Å². The maximum absolute atomic E-state index is 11.8. The van der Waals surface area contributed by atoms with Crippen LogP contribution in [0.15, 0.2) is 18.2 Å². The first kappa shape index (κ1) is 14.1. The van der Waals surface area contributed by atoms with Crippen LogP contribution in [0.3, 0.4) is 0 Å². The zero-order valence-electron chi connectivity index (χ0n) is 10.8. The molecule has 1 aromatic rings. The number of non-ortho nitro benzene ring substituents is 1. The number of nitro groups is 2. The Balaban J connectivity index is 2.28. The van der Waals surface area contributed by atoms with Gasteiger partial charge in [0, 0.05) is 24.0 Å². The van der Waals surface area contributed by atoms with Gasteiger partial charge in [0.25, 0.3) is 11.4 Å². The number of nitro benzene ring substituents is 2. The Labute approximate surface area is 114 Å². The van der Waals surface area contributed by atoms with Gasteiger partial charge in [-0.3, -0.25) is 25.0 Å². The van der Waals surface area contributed by atoms with E-state index < -0.39 is 9.85 Å². The van der Waals surface area contributed by atoms with E-state index in [1.54, 1.807) is 0 Å². The molecule has 0 saturated heterocycles. The molecule has 106 valence electrons. The lowest BCUT2D eigenvalue weighted by molar-refractivity contribution is -0.394. The van der Waals surface area contributed by atoms with E-state index in [2.05, 4.69) is 0 Å². The SMILES string of the molecule is O=C1CCCCC1Cc1ccc([N+](=O)[O-])cc1[N+](=O)[O-]. The van der Waals surface area contributed by atoms with Gasteiger partial charge in [-0.05, 0) is 25.3 Å². The van der Waals surface area contributed by atoms with Gasteiger partial charge in [0.15, 0.2) is 0 Å². The molecule has 7 nitrogen and oxygen atoms in total. The van der Waals surface area contributed by atoms with Gasteiger partial charge in [-0.15, -0.1) is 0 Å². The van der Waals surface area contributed by atoms with Gasteiger partial charge in [0.1, 0.15) is 5.78 Å². The van der Waals surface area contributed by atoms with Crippen LogP contribution in [0.25, 0.3) is 0 Å². The zero-order valence-corrected chi connectivity index (χ0v) is 10.8. The zero-order chi connectivity index (χ0) is 14.7. The predicted molar refractivity (Wildman–Crippen MR) is 70.4 cm³/mol. The van der Waals surface area contributed by atoms with E-state index in [1.807, 2.05) is 0 Å². The molecular formula is C13H14N2O5. The minimum absolute atomic E-state index is 0.129. The normalized spacial score (nSPS) is 18.8. The second kappa shape index (κ2) is 5.77. The molecule has 20 heavy (non-hydrogen) atoms. The summed E-state index contributed by atoms with van der Waals surface area (Å²) in [6.07, 6.45) is 3.35. The van der Waals surface area contributed by atoms with Gasteiger partial charge < -0.3 is 0 Å². The molecule has 1 aromatic carbocycles.